The summed E-state index contributed by atoms with van der Waals surface area (Å²) in [6.45, 7) is 2.35. The second-order valence-corrected chi connectivity index (χ2v) is 6.48. The fourth-order valence-electron chi connectivity index (χ4n) is 4.24. The van der Waals surface area contributed by atoms with Crippen molar-refractivity contribution in [2.45, 2.75) is 31.6 Å². The van der Waals surface area contributed by atoms with Crippen LogP contribution in [0.4, 0.5) is 0 Å². The summed E-state index contributed by atoms with van der Waals surface area (Å²) >= 11 is 0. The van der Waals surface area contributed by atoms with Crippen LogP contribution in [-0.2, 0) is 12.8 Å². The fourth-order valence-corrected chi connectivity index (χ4v) is 4.24. The van der Waals surface area contributed by atoms with E-state index in [1.807, 2.05) is 0 Å². The van der Waals surface area contributed by atoms with Gasteiger partial charge in [0.1, 0.15) is 0 Å². The molecule has 1 heterocycles. The summed E-state index contributed by atoms with van der Waals surface area (Å²) in [5.74, 6) is 1.31. The maximum Gasteiger partial charge on any atom is 0.0135 e. The van der Waals surface area contributed by atoms with Crippen molar-refractivity contribution in [3.8, 4) is 0 Å². The van der Waals surface area contributed by atoms with Crippen LogP contribution in [0.25, 0.3) is 0 Å². The Morgan fingerprint density at radius 1 is 0.810 bits per heavy atom. The van der Waals surface area contributed by atoms with E-state index in [4.69, 9.17) is 0 Å². The summed E-state index contributed by atoms with van der Waals surface area (Å²) in [4.78, 5) is 0. The molecule has 108 valence electrons. The minimum absolute atomic E-state index is 0.577. The summed E-state index contributed by atoms with van der Waals surface area (Å²) in [5.41, 5.74) is 6.28. The van der Waals surface area contributed by atoms with Crippen molar-refractivity contribution in [2.75, 3.05) is 13.1 Å². The van der Waals surface area contributed by atoms with Crippen molar-refractivity contribution in [2.24, 2.45) is 5.92 Å². The highest BCUT2D eigenvalue weighted by Crippen LogP contribution is 2.41. The standard InChI is InChI=1S/C20H23N/c1-3-9-18-15(6-1)11-12-16-7-2-4-10-19(16)20(18)17-8-5-13-21-14-17/h1-4,6-7,9-10,17,20-21H,5,8,11-14H2. The Kier molecular flexibility index (Phi) is 3.52. The predicted molar refractivity (Wildman–Crippen MR) is 87.7 cm³/mol. The monoisotopic (exact) mass is 277 g/mol. The summed E-state index contributed by atoms with van der Waals surface area (Å²) in [7, 11) is 0. The van der Waals surface area contributed by atoms with E-state index < -0.39 is 0 Å². The van der Waals surface area contributed by atoms with Crippen LogP contribution in [0.15, 0.2) is 48.5 Å². The van der Waals surface area contributed by atoms with Gasteiger partial charge in [0.2, 0.25) is 0 Å². The lowest BCUT2D eigenvalue weighted by molar-refractivity contribution is 0.346. The maximum absolute atomic E-state index is 3.61. The number of rotatable bonds is 1. The first-order chi connectivity index (χ1) is 10.4. The van der Waals surface area contributed by atoms with Crippen molar-refractivity contribution in [1.29, 1.82) is 0 Å². The average Bonchev–Trinajstić information content (AvgIpc) is 2.72. The molecule has 0 bridgehead atoms. The zero-order valence-electron chi connectivity index (χ0n) is 12.5. The highest BCUT2D eigenvalue weighted by Gasteiger charge is 2.30. The highest BCUT2D eigenvalue weighted by atomic mass is 14.9. The van der Waals surface area contributed by atoms with Gasteiger partial charge in [-0.1, -0.05) is 48.5 Å². The second-order valence-electron chi connectivity index (χ2n) is 6.48. The van der Waals surface area contributed by atoms with Gasteiger partial charge in [-0.2, -0.15) is 0 Å². The maximum atomic E-state index is 3.61. The van der Waals surface area contributed by atoms with Crippen LogP contribution < -0.4 is 5.32 Å². The average molecular weight is 277 g/mol. The molecule has 0 saturated carbocycles. The number of fused-ring (bicyclic) bond motifs is 2. The first-order valence-corrected chi connectivity index (χ1v) is 8.30. The van der Waals surface area contributed by atoms with E-state index in [2.05, 4.69) is 53.8 Å². The molecule has 2 aromatic carbocycles. The van der Waals surface area contributed by atoms with Crippen LogP contribution in [0, 0.1) is 5.92 Å². The Bertz CT molecular complexity index is 578. The molecule has 0 aromatic heterocycles. The molecule has 1 aliphatic heterocycles. The van der Waals surface area contributed by atoms with E-state index in [1.165, 1.54) is 32.2 Å². The summed E-state index contributed by atoms with van der Waals surface area (Å²) in [6.07, 6.45) is 5.03. The van der Waals surface area contributed by atoms with Gasteiger partial charge in [-0.15, -0.1) is 0 Å². The Labute approximate surface area is 127 Å². The van der Waals surface area contributed by atoms with Crippen LogP contribution in [0.2, 0.25) is 0 Å². The number of aryl methyl sites for hydroxylation is 2. The molecule has 0 radical (unpaired) electrons. The molecule has 1 N–H and O–H groups in total. The zero-order valence-corrected chi connectivity index (χ0v) is 12.5. The van der Waals surface area contributed by atoms with Crippen LogP contribution in [0.1, 0.15) is 41.0 Å². The molecule has 21 heavy (non-hydrogen) atoms. The minimum atomic E-state index is 0.577. The Morgan fingerprint density at radius 3 is 2.00 bits per heavy atom. The summed E-state index contributed by atoms with van der Waals surface area (Å²) in [6, 6.07) is 18.3. The van der Waals surface area contributed by atoms with E-state index >= 15 is 0 Å². The largest absolute Gasteiger partial charge is 0.316 e. The number of hydrogen-bond donors (Lipinski definition) is 1. The molecular formula is C20H23N. The Balaban J connectivity index is 1.85. The lowest BCUT2D eigenvalue weighted by Crippen LogP contribution is -2.34. The third kappa shape index (κ3) is 2.40. The second kappa shape index (κ2) is 5.65. The molecule has 1 heteroatoms. The Morgan fingerprint density at radius 2 is 1.43 bits per heavy atom. The van der Waals surface area contributed by atoms with E-state index in [-0.39, 0.29) is 0 Å². The van der Waals surface area contributed by atoms with Crippen LogP contribution in [0.3, 0.4) is 0 Å². The van der Waals surface area contributed by atoms with Crippen molar-refractivity contribution in [1.82, 2.24) is 5.32 Å². The first-order valence-electron chi connectivity index (χ1n) is 8.30. The lowest BCUT2D eigenvalue weighted by atomic mass is 9.76. The SMILES string of the molecule is c1ccc2c(c1)CCc1ccccc1C2C1CCCNC1. The molecule has 0 spiro atoms. The molecule has 1 fully saturated rings. The minimum Gasteiger partial charge on any atom is -0.316 e. The van der Waals surface area contributed by atoms with Crippen molar-refractivity contribution >= 4 is 0 Å². The van der Waals surface area contributed by atoms with Crippen LogP contribution in [-0.4, -0.2) is 13.1 Å². The highest BCUT2D eigenvalue weighted by molar-refractivity contribution is 5.45. The van der Waals surface area contributed by atoms with Gasteiger partial charge >= 0.3 is 0 Å². The van der Waals surface area contributed by atoms with Gasteiger partial charge in [0.05, 0.1) is 0 Å². The van der Waals surface area contributed by atoms with Crippen molar-refractivity contribution in [3.05, 3.63) is 70.8 Å². The third-order valence-electron chi connectivity index (χ3n) is 5.25. The molecule has 1 nitrogen and oxygen atoms in total. The summed E-state index contributed by atoms with van der Waals surface area (Å²) < 4.78 is 0. The molecule has 2 aliphatic rings. The zero-order chi connectivity index (χ0) is 14.1. The molecule has 1 saturated heterocycles. The molecule has 1 aliphatic carbocycles. The van der Waals surface area contributed by atoms with Crippen LogP contribution in [0.5, 0.6) is 0 Å². The van der Waals surface area contributed by atoms with Gasteiger partial charge in [0, 0.05) is 5.92 Å². The molecular weight excluding hydrogens is 254 g/mol. The molecule has 4 rings (SSSR count). The summed E-state index contributed by atoms with van der Waals surface area (Å²) in [5, 5.41) is 3.61. The molecule has 0 amide bonds. The van der Waals surface area contributed by atoms with Gasteiger partial charge in [0.15, 0.2) is 0 Å². The lowest BCUT2D eigenvalue weighted by Gasteiger charge is -2.32. The molecule has 1 atom stereocenters. The predicted octanol–water partition coefficient (Wildman–Crippen LogP) is 3.92. The number of nitrogens with one attached hydrogen (secondary N) is 1. The number of piperidine rings is 1. The topological polar surface area (TPSA) is 12.0 Å². The normalized spacial score (nSPS) is 22.2. The Hall–Kier alpha value is -1.60. The van der Waals surface area contributed by atoms with E-state index in [0.29, 0.717) is 5.92 Å². The van der Waals surface area contributed by atoms with Gasteiger partial charge in [0.25, 0.3) is 0 Å². The third-order valence-corrected chi connectivity index (χ3v) is 5.25. The number of hydrogen-bond acceptors (Lipinski definition) is 1. The van der Waals surface area contributed by atoms with E-state index in [9.17, 15) is 0 Å². The van der Waals surface area contributed by atoms with Crippen LogP contribution >= 0.6 is 0 Å². The molecule has 1 unspecified atom stereocenters. The van der Waals surface area contributed by atoms with Crippen molar-refractivity contribution < 1.29 is 0 Å². The van der Waals surface area contributed by atoms with E-state index in [1.54, 1.807) is 22.3 Å². The van der Waals surface area contributed by atoms with E-state index in [0.717, 1.165) is 12.5 Å². The first kappa shape index (κ1) is 13.1. The fraction of sp³-hybridized carbons (Fsp3) is 0.400. The number of benzene rings is 2. The molecule has 2 aromatic rings. The smallest absolute Gasteiger partial charge is 0.0135 e. The van der Waals surface area contributed by atoms with Gasteiger partial charge in [-0.25, -0.2) is 0 Å². The quantitative estimate of drug-likeness (QED) is 0.833. The van der Waals surface area contributed by atoms with Gasteiger partial charge in [-0.3, -0.25) is 0 Å². The van der Waals surface area contributed by atoms with Gasteiger partial charge < -0.3 is 5.32 Å². The van der Waals surface area contributed by atoms with Gasteiger partial charge in [-0.05, 0) is 66.9 Å². The van der Waals surface area contributed by atoms with Crippen molar-refractivity contribution in [3.63, 3.8) is 0 Å².